The average Bonchev–Trinajstić information content (AvgIpc) is 2.15. The zero-order valence-corrected chi connectivity index (χ0v) is 10.3. The van der Waals surface area contributed by atoms with Crippen molar-refractivity contribution in [2.45, 2.75) is 26.3 Å². The minimum atomic E-state index is -0.349. The average molecular weight is 241 g/mol. The molecule has 1 atom stereocenters. The van der Waals surface area contributed by atoms with Gasteiger partial charge in [-0.25, -0.2) is 0 Å². The number of rotatable bonds is 5. The Morgan fingerprint density at radius 2 is 2.19 bits per heavy atom. The summed E-state index contributed by atoms with van der Waals surface area (Å²) in [6.07, 6.45) is 0.710. The molecule has 4 heteroatoms. The number of carbonyl (C=O) groups is 1. The van der Waals surface area contributed by atoms with Crippen LogP contribution in [-0.2, 0) is 4.79 Å². The van der Waals surface area contributed by atoms with E-state index in [4.69, 9.17) is 17.3 Å². The number of nitrogens with two attached hydrogens (primary N) is 1. The summed E-state index contributed by atoms with van der Waals surface area (Å²) in [6.45, 7) is 4.10. The minimum Gasteiger partial charge on any atom is -0.374 e. The van der Waals surface area contributed by atoms with Gasteiger partial charge >= 0.3 is 0 Å². The Bertz CT molecular complexity index is 366. The van der Waals surface area contributed by atoms with Crippen LogP contribution in [0.25, 0.3) is 0 Å². The van der Waals surface area contributed by atoms with Crippen molar-refractivity contribution in [3.05, 3.63) is 29.3 Å². The van der Waals surface area contributed by atoms with Crippen LogP contribution >= 0.6 is 11.6 Å². The Morgan fingerprint density at radius 3 is 2.69 bits per heavy atom. The number of primary amides is 1. The number of benzene rings is 1. The lowest BCUT2D eigenvalue weighted by molar-refractivity contribution is -0.119. The molecule has 0 aromatic heterocycles. The summed E-state index contributed by atoms with van der Waals surface area (Å²) in [5.41, 5.74) is 6.15. The zero-order valence-electron chi connectivity index (χ0n) is 9.53. The molecule has 1 amide bonds. The van der Waals surface area contributed by atoms with Gasteiger partial charge in [-0.3, -0.25) is 4.79 Å². The molecule has 0 saturated carbocycles. The van der Waals surface area contributed by atoms with Crippen LogP contribution < -0.4 is 11.1 Å². The van der Waals surface area contributed by atoms with Gasteiger partial charge in [0.1, 0.15) is 6.04 Å². The van der Waals surface area contributed by atoms with E-state index in [-0.39, 0.29) is 11.9 Å². The van der Waals surface area contributed by atoms with Crippen LogP contribution in [0.15, 0.2) is 24.3 Å². The van der Waals surface area contributed by atoms with Crippen molar-refractivity contribution in [3.8, 4) is 0 Å². The molecular formula is C12H17ClN2O. The number of halogens is 1. The quantitative estimate of drug-likeness (QED) is 0.832. The summed E-state index contributed by atoms with van der Waals surface area (Å²) in [5, 5.41) is 3.73. The highest BCUT2D eigenvalue weighted by Crippen LogP contribution is 2.17. The van der Waals surface area contributed by atoms with E-state index in [1.54, 1.807) is 12.1 Å². The third-order valence-electron chi connectivity index (χ3n) is 2.22. The number of carbonyl (C=O) groups excluding carboxylic acids is 1. The highest BCUT2D eigenvalue weighted by molar-refractivity contribution is 6.30. The predicted molar refractivity (Wildman–Crippen MR) is 67.5 cm³/mol. The third kappa shape index (κ3) is 4.11. The smallest absolute Gasteiger partial charge is 0.239 e. The Hall–Kier alpha value is -1.22. The first-order valence-corrected chi connectivity index (χ1v) is 5.68. The lowest BCUT2D eigenvalue weighted by atomic mass is 10.0. The molecule has 1 aromatic carbocycles. The summed E-state index contributed by atoms with van der Waals surface area (Å²) >= 11 is 5.86. The van der Waals surface area contributed by atoms with Gasteiger partial charge in [0.15, 0.2) is 0 Å². The second-order valence-corrected chi connectivity index (χ2v) is 4.68. The van der Waals surface area contributed by atoms with Crippen molar-refractivity contribution in [1.29, 1.82) is 0 Å². The SMILES string of the molecule is CC(C)CC(Nc1cccc(Cl)c1)C(N)=O. The molecule has 88 valence electrons. The maximum absolute atomic E-state index is 11.3. The van der Waals surface area contributed by atoms with E-state index in [1.165, 1.54) is 0 Å². The summed E-state index contributed by atoms with van der Waals surface area (Å²) in [4.78, 5) is 11.3. The Labute approximate surface area is 101 Å². The number of hydrogen-bond donors (Lipinski definition) is 2. The van der Waals surface area contributed by atoms with Crippen LogP contribution in [0.5, 0.6) is 0 Å². The van der Waals surface area contributed by atoms with E-state index in [0.29, 0.717) is 17.4 Å². The van der Waals surface area contributed by atoms with Gasteiger partial charge in [0, 0.05) is 10.7 Å². The van der Waals surface area contributed by atoms with Crippen molar-refractivity contribution < 1.29 is 4.79 Å². The Kier molecular flexibility index (Phi) is 4.62. The van der Waals surface area contributed by atoms with Crippen molar-refractivity contribution in [1.82, 2.24) is 0 Å². The topological polar surface area (TPSA) is 55.1 Å². The third-order valence-corrected chi connectivity index (χ3v) is 2.45. The van der Waals surface area contributed by atoms with Gasteiger partial charge in [-0.15, -0.1) is 0 Å². The van der Waals surface area contributed by atoms with E-state index in [9.17, 15) is 4.79 Å². The summed E-state index contributed by atoms with van der Waals surface area (Å²) in [5.74, 6) is 0.0675. The van der Waals surface area contributed by atoms with Gasteiger partial charge in [-0.05, 0) is 30.5 Å². The highest BCUT2D eigenvalue weighted by atomic mass is 35.5. The second kappa shape index (κ2) is 5.75. The molecule has 0 heterocycles. The lowest BCUT2D eigenvalue weighted by Gasteiger charge is -2.18. The molecule has 0 radical (unpaired) electrons. The molecule has 1 rings (SSSR count). The fourth-order valence-electron chi connectivity index (χ4n) is 1.50. The number of nitrogens with one attached hydrogen (secondary N) is 1. The lowest BCUT2D eigenvalue weighted by Crippen LogP contribution is -2.36. The van der Waals surface area contributed by atoms with Crippen molar-refractivity contribution in [2.24, 2.45) is 11.7 Å². The Morgan fingerprint density at radius 1 is 1.50 bits per heavy atom. The first kappa shape index (κ1) is 12.8. The predicted octanol–water partition coefficient (Wildman–Crippen LogP) is 2.65. The highest BCUT2D eigenvalue weighted by Gasteiger charge is 2.16. The van der Waals surface area contributed by atoms with E-state index in [2.05, 4.69) is 19.2 Å². The fraction of sp³-hybridized carbons (Fsp3) is 0.417. The van der Waals surface area contributed by atoms with Crippen LogP contribution in [0.1, 0.15) is 20.3 Å². The van der Waals surface area contributed by atoms with Gasteiger partial charge in [-0.1, -0.05) is 31.5 Å². The van der Waals surface area contributed by atoms with Crippen LogP contribution in [-0.4, -0.2) is 11.9 Å². The fourth-order valence-corrected chi connectivity index (χ4v) is 1.69. The van der Waals surface area contributed by atoms with Gasteiger partial charge in [0.25, 0.3) is 0 Å². The molecule has 0 spiro atoms. The summed E-state index contributed by atoms with van der Waals surface area (Å²) in [7, 11) is 0. The first-order chi connectivity index (χ1) is 7.49. The molecule has 16 heavy (non-hydrogen) atoms. The van der Waals surface area contributed by atoms with Gasteiger partial charge in [0.05, 0.1) is 0 Å². The van der Waals surface area contributed by atoms with Crippen molar-refractivity contribution >= 4 is 23.2 Å². The molecule has 0 aliphatic carbocycles. The molecular weight excluding hydrogens is 224 g/mol. The number of hydrogen-bond acceptors (Lipinski definition) is 2. The molecule has 0 saturated heterocycles. The molecule has 1 aromatic rings. The van der Waals surface area contributed by atoms with E-state index in [1.807, 2.05) is 12.1 Å². The Balaban J connectivity index is 2.71. The minimum absolute atomic E-state index is 0.339. The maximum Gasteiger partial charge on any atom is 0.239 e. The molecule has 0 aliphatic rings. The van der Waals surface area contributed by atoms with E-state index >= 15 is 0 Å². The molecule has 3 nitrogen and oxygen atoms in total. The number of amides is 1. The normalized spacial score (nSPS) is 12.5. The molecule has 0 bridgehead atoms. The van der Waals surface area contributed by atoms with Gasteiger partial charge in [0.2, 0.25) is 5.91 Å². The summed E-state index contributed by atoms with van der Waals surface area (Å²) < 4.78 is 0. The monoisotopic (exact) mass is 240 g/mol. The maximum atomic E-state index is 11.3. The van der Waals surface area contributed by atoms with Crippen LogP contribution in [0, 0.1) is 5.92 Å². The zero-order chi connectivity index (χ0) is 12.1. The molecule has 1 unspecified atom stereocenters. The second-order valence-electron chi connectivity index (χ2n) is 4.24. The summed E-state index contributed by atoms with van der Waals surface area (Å²) in [6, 6.07) is 6.91. The van der Waals surface area contributed by atoms with Crippen LogP contribution in [0.3, 0.4) is 0 Å². The van der Waals surface area contributed by atoms with Crippen LogP contribution in [0.4, 0.5) is 5.69 Å². The molecule has 0 fully saturated rings. The van der Waals surface area contributed by atoms with E-state index < -0.39 is 0 Å². The van der Waals surface area contributed by atoms with Crippen molar-refractivity contribution in [2.75, 3.05) is 5.32 Å². The number of anilines is 1. The standard InChI is InChI=1S/C12H17ClN2O/c1-8(2)6-11(12(14)16)15-10-5-3-4-9(13)7-10/h3-5,7-8,11,15H,6H2,1-2H3,(H2,14,16). The largest absolute Gasteiger partial charge is 0.374 e. The van der Waals surface area contributed by atoms with Crippen LogP contribution in [0.2, 0.25) is 5.02 Å². The van der Waals surface area contributed by atoms with Gasteiger partial charge in [-0.2, -0.15) is 0 Å². The molecule has 3 N–H and O–H groups in total. The molecule has 0 aliphatic heterocycles. The van der Waals surface area contributed by atoms with Crippen molar-refractivity contribution in [3.63, 3.8) is 0 Å². The first-order valence-electron chi connectivity index (χ1n) is 5.30. The van der Waals surface area contributed by atoms with Gasteiger partial charge < -0.3 is 11.1 Å². The van der Waals surface area contributed by atoms with E-state index in [0.717, 1.165) is 5.69 Å².